The fraction of sp³-hybridized carbons (Fsp3) is 1.00. The van der Waals surface area contributed by atoms with Crippen LogP contribution in [0.3, 0.4) is 0 Å². The largest absolute Gasteiger partial charge is 0.756 e. The molecular weight excluding hydrogens is 366 g/mol. The van der Waals surface area contributed by atoms with Crippen molar-refractivity contribution in [2.45, 2.75) is 40.5 Å². The van der Waals surface area contributed by atoms with Crippen molar-refractivity contribution in [1.82, 2.24) is 0 Å². The molecule has 0 spiro atoms. The highest BCUT2D eigenvalue weighted by atomic mass is 31.2. The standard InChI is InChI=1S/C6H15O4P.C5H13O4P.CH4O.H2O/c1-4-6(2)5-10-11(7,8)9-3;1-3-5(2)4-9-10(6,7)8;1-2;/h6H,4-5H2,1-3H3,(H,7,8);5H,3-4H2,1-2H3,(H2,6,7,8);2H,1H3;1H2/p-2. The van der Waals surface area contributed by atoms with Crippen LogP contribution in [0, 0.1) is 11.8 Å². The molecule has 0 heterocycles. The Hall–Kier alpha value is 0.140. The van der Waals surface area contributed by atoms with Crippen LogP contribution < -0.4 is 9.79 Å². The number of rotatable bonds is 9. The minimum absolute atomic E-state index is 0. The summed E-state index contributed by atoms with van der Waals surface area (Å²) in [6.07, 6.45) is 1.73. The van der Waals surface area contributed by atoms with Gasteiger partial charge in [-0.2, -0.15) is 0 Å². The molecular formula is C12H32O10P2-2. The van der Waals surface area contributed by atoms with Gasteiger partial charge in [-0.05, 0) is 11.8 Å². The number of phosphoric acid groups is 2. The van der Waals surface area contributed by atoms with E-state index in [9.17, 15) is 18.9 Å². The van der Waals surface area contributed by atoms with Crippen LogP contribution in [0.15, 0.2) is 0 Å². The lowest BCUT2D eigenvalue weighted by atomic mass is 10.1. The zero-order chi connectivity index (χ0) is 19.1. The Morgan fingerprint density at radius 1 is 0.958 bits per heavy atom. The molecule has 0 aromatic rings. The van der Waals surface area contributed by atoms with Crippen molar-refractivity contribution in [3.8, 4) is 0 Å². The van der Waals surface area contributed by atoms with E-state index < -0.39 is 15.6 Å². The van der Waals surface area contributed by atoms with Crippen molar-refractivity contribution in [2.75, 3.05) is 27.4 Å². The summed E-state index contributed by atoms with van der Waals surface area (Å²) in [5.74, 6) is 0.404. The summed E-state index contributed by atoms with van der Waals surface area (Å²) in [7, 11) is -6.39. The lowest BCUT2D eigenvalue weighted by Crippen LogP contribution is -2.10. The van der Waals surface area contributed by atoms with Crippen molar-refractivity contribution in [3.05, 3.63) is 0 Å². The van der Waals surface area contributed by atoms with E-state index in [1.807, 2.05) is 27.7 Å². The van der Waals surface area contributed by atoms with E-state index in [-0.39, 0.29) is 30.5 Å². The fourth-order valence-electron chi connectivity index (χ4n) is 0.728. The van der Waals surface area contributed by atoms with E-state index in [1.54, 1.807) is 0 Å². The third-order valence-electron chi connectivity index (χ3n) is 2.66. The lowest BCUT2D eigenvalue weighted by molar-refractivity contribution is -0.224. The number of aliphatic hydroxyl groups excluding tert-OH is 1. The Balaban J connectivity index is -0.000000146. The Labute approximate surface area is 144 Å². The van der Waals surface area contributed by atoms with Gasteiger partial charge in [-0.25, -0.2) is 0 Å². The molecule has 0 rings (SSSR count). The number of hydrogen-bond acceptors (Lipinski definition) is 8. The molecule has 0 saturated heterocycles. The van der Waals surface area contributed by atoms with E-state index in [1.165, 1.54) is 0 Å². The van der Waals surface area contributed by atoms with Gasteiger partial charge in [-0.1, -0.05) is 40.5 Å². The number of hydrogen-bond donors (Lipinski definition) is 2. The second-order valence-corrected chi connectivity index (χ2v) is 7.43. The molecule has 152 valence electrons. The molecule has 12 heteroatoms. The van der Waals surface area contributed by atoms with Crippen LogP contribution in [0.25, 0.3) is 0 Å². The van der Waals surface area contributed by atoms with E-state index in [4.69, 9.17) is 10.00 Å². The fourth-order valence-corrected chi connectivity index (χ4v) is 1.71. The Morgan fingerprint density at radius 3 is 1.54 bits per heavy atom. The third kappa shape index (κ3) is 27.0. The van der Waals surface area contributed by atoms with E-state index >= 15 is 0 Å². The van der Waals surface area contributed by atoms with Gasteiger partial charge >= 0.3 is 0 Å². The topological polar surface area (TPSA) is 180 Å². The molecule has 0 aliphatic carbocycles. The summed E-state index contributed by atoms with van der Waals surface area (Å²) in [6, 6.07) is 0. The smallest absolute Gasteiger partial charge is 0.267 e. The van der Waals surface area contributed by atoms with Crippen LogP contribution in [0.2, 0.25) is 0 Å². The number of phosphoric ester groups is 2. The van der Waals surface area contributed by atoms with Crippen molar-refractivity contribution < 1.29 is 48.0 Å². The predicted octanol–water partition coefficient (Wildman–Crippen LogP) is 0.457. The first kappa shape index (κ1) is 31.9. The minimum atomic E-state index is -4.48. The summed E-state index contributed by atoms with van der Waals surface area (Å²) in [5.41, 5.74) is 0. The maximum atomic E-state index is 10.6. The molecule has 0 bridgehead atoms. The molecule has 0 aliphatic rings. The second-order valence-electron chi connectivity index (χ2n) is 4.72. The molecule has 10 nitrogen and oxygen atoms in total. The maximum absolute atomic E-state index is 10.6. The summed E-state index contributed by atoms with van der Waals surface area (Å²) in [6.45, 7) is 7.90. The van der Waals surface area contributed by atoms with Crippen molar-refractivity contribution >= 4 is 15.6 Å². The van der Waals surface area contributed by atoms with Crippen molar-refractivity contribution in [2.24, 2.45) is 11.8 Å². The van der Waals surface area contributed by atoms with Crippen LogP contribution in [-0.4, -0.2) is 42.9 Å². The molecule has 0 aromatic carbocycles. The highest BCUT2D eigenvalue weighted by Gasteiger charge is 2.08. The quantitative estimate of drug-likeness (QED) is 0.521. The van der Waals surface area contributed by atoms with E-state index in [0.717, 1.165) is 27.1 Å². The molecule has 0 amide bonds. The van der Waals surface area contributed by atoms with Crippen LogP contribution in [0.4, 0.5) is 0 Å². The van der Waals surface area contributed by atoms with Gasteiger partial charge in [-0.3, -0.25) is 9.13 Å². The first-order valence-electron chi connectivity index (χ1n) is 7.11. The molecule has 0 saturated carbocycles. The monoisotopic (exact) mass is 398 g/mol. The minimum Gasteiger partial charge on any atom is -0.756 e. The van der Waals surface area contributed by atoms with E-state index in [0.29, 0.717) is 0 Å². The van der Waals surface area contributed by atoms with Gasteiger partial charge in [-0.15, -0.1) is 0 Å². The Bertz CT molecular complexity index is 347. The van der Waals surface area contributed by atoms with Crippen LogP contribution >= 0.6 is 15.6 Å². The van der Waals surface area contributed by atoms with Gasteiger partial charge < -0.3 is 38.8 Å². The maximum Gasteiger partial charge on any atom is 0.267 e. The normalized spacial score (nSPS) is 17.4. The highest BCUT2D eigenvalue weighted by molar-refractivity contribution is 7.45. The van der Waals surface area contributed by atoms with Crippen molar-refractivity contribution in [3.63, 3.8) is 0 Å². The Morgan fingerprint density at radius 2 is 1.29 bits per heavy atom. The molecule has 4 atom stereocenters. The van der Waals surface area contributed by atoms with E-state index in [2.05, 4.69) is 13.6 Å². The second kappa shape index (κ2) is 17.9. The zero-order valence-corrected chi connectivity index (χ0v) is 16.9. The first-order chi connectivity index (χ1) is 10.5. The number of aliphatic hydroxyl groups is 1. The van der Waals surface area contributed by atoms with Gasteiger partial charge in [0.05, 0.1) is 13.2 Å². The average molecular weight is 398 g/mol. The average Bonchev–Trinajstić information content (AvgIpc) is 2.52. The highest BCUT2D eigenvalue weighted by Crippen LogP contribution is 2.37. The molecule has 0 radical (unpaired) electrons. The van der Waals surface area contributed by atoms with Crippen LogP contribution in [-0.2, 0) is 22.7 Å². The van der Waals surface area contributed by atoms with Crippen LogP contribution in [0.5, 0.6) is 0 Å². The van der Waals surface area contributed by atoms with Gasteiger partial charge in [0.2, 0.25) is 0 Å². The van der Waals surface area contributed by atoms with Gasteiger partial charge in [0.15, 0.2) is 0 Å². The molecule has 24 heavy (non-hydrogen) atoms. The summed E-state index contributed by atoms with van der Waals surface area (Å²) < 4.78 is 33.4. The molecule has 0 fully saturated rings. The zero-order valence-electron chi connectivity index (χ0n) is 15.1. The molecule has 4 N–H and O–H groups in total. The molecule has 0 aliphatic heterocycles. The van der Waals surface area contributed by atoms with Crippen molar-refractivity contribution in [1.29, 1.82) is 0 Å². The summed E-state index contributed by atoms with van der Waals surface area (Å²) in [4.78, 5) is 28.8. The summed E-state index contributed by atoms with van der Waals surface area (Å²) in [5, 5.41) is 7.00. The first-order valence-corrected chi connectivity index (χ1v) is 10.1. The third-order valence-corrected chi connectivity index (χ3v) is 4.04. The molecule has 0 aromatic heterocycles. The lowest BCUT2D eigenvalue weighted by Gasteiger charge is -2.21. The predicted molar refractivity (Wildman–Crippen MR) is 87.0 cm³/mol. The van der Waals surface area contributed by atoms with Crippen LogP contribution in [0.1, 0.15) is 40.5 Å². The summed E-state index contributed by atoms with van der Waals surface area (Å²) >= 11 is 0. The molecule has 4 unspecified atom stereocenters. The van der Waals surface area contributed by atoms with Gasteiger partial charge in [0.1, 0.15) is 0 Å². The van der Waals surface area contributed by atoms with Gasteiger partial charge in [0.25, 0.3) is 15.6 Å². The van der Waals surface area contributed by atoms with Gasteiger partial charge in [0, 0.05) is 14.2 Å². The SMILES string of the molecule is CCC(C)COP(=O)([O-])O.CCC(C)COP(=O)([O-])OC.CO.O. The Kier molecular flexibility index (Phi) is 23.8.